The highest BCUT2D eigenvalue weighted by atomic mass is 35.5. The number of ether oxygens (including phenoxy) is 3. The highest BCUT2D eigenvalue weighted by Gasteiger charge is 2.57. The molecule has 9 nitrogen and oxygen atoms in total. The molecule has 1 fully saturated rings. The topological polar surface area (TPSA) is 130 Å². The van der Waals surface area contributed by atoms with E-state index < -0.39 is 28.9 Å². The van der Waals surface area contributed by atoms with Crippen molar-refractivity contribution < 1.29 is 32.6 Å². The zero-order valence-corrected chi connectivity index (χ0v) is 24.7. The highest BCUT2D eigenvalue weighted by molar-refractivity contribution is 6.16. The molecule has 0 saturated heterocycles. The Hall–Kier alpha value is -4.19. The molecule has 0 radical (unpaired) electrons. The smallest absolute Gasteiger partial charge is 0.247 e. The number of carbonyl (C=O) groups is 2. The molecule has 1 aliphatic rings. The molecular weight excluding hydrogens is 605 g/mol. The van der Waals surface area contributed by atoms with E-state index in [0.29, 0.717) is 47.7 Å². The molecule has 0 unspecified atom stereocenters. The fraction of sp³-hybridized carbons (Fsp3) is 0.233. The summed E-state index contributed by atoms with van der Waals surface area (Å²) in [6.07, 6.45) is 2.75. The molecule has 0 aliphatic heterocycles. The lowest BCUT2D eigenvalue weighted by Gasteiger charge is -2.26. The second-order valence-electron chi connectivity index (χ2n) is 9.60. The second kappa shape index (κ2) is 13.9. The van der Waals surface area contributed by atoms with Crippen LogP contribution in [-0.2, 0) is 9.59 Å². The van der Waals surface area contributed by atoms with Crippen LogP contribution in [0.5, 0.6) is 23.0 Å². The Balaban J connectivity index is 0.00000253. The van der Waals surface area contributed by atoms with E-state index in [1.807, 2.05) is 0 Å². The molecule has 1 saturated carbocycles. The number of halogens is 4. The van der Waals surface area contributed by atoms with Crippen LogP contribution in [0, 0.1) is 17.0 Å². The van der Waals surface area contributed by atoms with Gasteiger partial charge in [0.15, 0.2) is 23.1 Å². The van der Waals surface area contributed by atoms with Crippen LogP contribution in [0.4, 0.5) is 20.2 Å². The number of pyridine rings is 1. The molecule has 1 heterocycles. The summed E-state index contributed by atoms with van der Waals surface area (Å²) in [5, 5.41) is 0.555. The maximum absolute atomic E-state index is 15.5. The van der Waals surface area contributed by atoms with Gasteiger partial charge in [0.1, 0.15) is 17.0 Å². The third-order valence-electron chi connectivity index (χ3n) is 6.91. The van der Waals surface area contributed by atoms with Gasteiger partial charge in [0.2, 0.25) is 11.8 Å². The van der Waals surface area contributed by atoms with Gasteiger partial charge in [-0.2, -0.15) is 0 Å². The molecule has 228 valence electrons. The highest BCUT2D eigenvalue weighted by Crippen LogP contribution is 2.49. The Bertz CT molecular complexity index is 1620. The van der Waals surface area contributed by atoms with Crippen LogP contribution in [0.1, 0.15) is 19.3 Å². The van der Waals surface area contributed by atoms with E-state index in [1.165, 1.54) is 54.6 Å². The van der Waals surface area contributed by atoms with Gasteiger partial charge in [-0.05, 0) is 74.3 Å². The molecule has 4 N–H and O–H groups in total. The minimum absolute atomic E-state index is 0. The summed E-state index contributed by atoms with van der Waals surface area (Å²) < 4.78 is 46.3. The van der Waals surface area contributed by atoms with Gasteiger partial charge >= 0.3 is 0 Å². The van der Waals surface area contributed by atoms with Crippen molar-refractivity contribution in [3.05, 3.63) is 78.5 Å². The first-order valence-corrected chi connectivity index (χ1v) is 12.9. The summed E-state index contributed by atoms with van der Waals surface area (Å²) in [6.45, 7) is 0.891. The minimum Gasteiger partial charge on any atom is -0.493 e. The number of anilines is 2. The number of nitrogens with two attached hydrogens (primary N) is 2. The molecule has 4 aromatic rings. The van der Waals surface area contributed by atoms with E-state index in [9.17, 15) is 14.0 Å². The Morgan fingerprint density at radius 2 is 1.63 bits per heavy atom. The lowest BCUT2D eigenvalue weighted by Crippen LogP contribution is -2.41. The summed E-state index contributed by atoms with van der Waals surface area (Å²) in [5.74, 6) is -1.53. The molecule has 1 aromatic heterocycles. The Labute approximate surface area is 258 Å². The van der Waals surface area contributed by atoms with Crippen molar-refractivity contribution in [2.24, 2.45) is 16.9 Å². The molecule has 13 heteroatoms. The summed E-state index contributed by atoms with van der Waals surface area (Å²) in [4.78, 5) is 31.1. The zero-order chi connectivity index (χ0) is 29.1. The number of methoxy groups -OCH3 is 1. The molecular formula is C30H30Cl2F2N4O5. The second-order valence-corrected chi connectivity index (χ2v) is 9.60. The minimum atomic E-state index is -1.39. The van der Waals surface area contributed by atoms with Crippen molar-refractivity contribution in [1.29, 1.82) is 0 Å². The van der Waals surface area contributed by atoms with Gasteiger partial charge in [0, 0.05) is 29.4 Å². The first-order chi connectivity index (χ1) is 19.8. The van der Waals surface area contributed by atoms with Gasteiger partial charge in [0.25, 0.3) is 0 Å². The van der Waals surface area contributed by atoms with E-state index in [2.05, 4.69) is 4.98 Å². The van der Waals surface area contributed by atoms with Crippen LogP contribution in [-0.4, -0.2) is 37.1 Å². The number of fused-ring (bicyclic) bond motifs is 1. The zero-order valence-electron chi connectivity index (χ0n) is 23.0. The SMILES string of the molecule is COc1cc2c(Oc3ccc(N(C(=O)C4(C(N)=O)CC4)c4ccc(F)cc4)cc3F)ccnc2cc1OCCCN.Cl.Cl. The lowest BCUT2D eigenvalue weighted by molar-refractivity contribution is -0.133. The van der Waals surface area contributed by atoms with Gasteiger partial charge in [-0.1, -0.05) is 0 Å². The Kier molecular flexibility index (Phi) is 10.7. The summed E-state index contributed by atoms with van der Waals surface area (Å²) >= 11 is 0. The largest absolute Gasteiger partial charge is 0.493 e. The van der Waals surface area contributed by atoms with Crippen LogP contribution in [0.3, 0.4) is 0 Å². The first-order valence-electron chi connectivity index (χ1n) is 12.9. The molecule has 5 rings (SSSR count). The van der Waals surface area contributed by atoms with E-state index in [0.717, 1.165) is 6.07 Å². The van der Waals surface area contributed by atoms with Crippen molar-refractivity contribution in [2.45, 2.75) is 19.3 Å². The first kappa shape index (κ1) is 33.3. The summed E-state index contributed by atoms with van der Waals surface area (Å²) in [6, 6.07) is 14.0. The number of carbonyl (C=O) groups excluding carboxylic acids is 2. The van der Waals surface area contributed by atoms with Crippen molar-refractivity contribution in [1.82, 2.24) is 4.98 Å². The van der Waals surface area contributed by atoms with Crippen LogP contribution in [0.25, 0.3) is 10.9 Å². The number of rotatable bonds is 11. The average Bonchev–Trinajstić information content (AvgIpc) is 3.78. The van der Waals surface area contributed by atoms with Gasteiger partial charge in [-0.3, -0.25) is 19.5 Å². The van der Waals surface area contributed by atoms with Crippen LogP contribution in [0.2, 0.25) is 0 Å². The third-order valence-corrected chi connectivity index (χ3v) is 6.91. The molecule has 0 bridgehead atoms. The average molecular weight is 635 g/mol. The molecule has 1 aliphatic carbocycles. The molecule has 43 heavy (non-hydrogen) atoms. The maximum atomic E-state index is 15.5. The Morgan fingerprint density at radius 3 is 2.23 bits per heavy atom. The van der Waals surface area contributed by atoms with E-state index in [1.54, 1.807) is 18.2 Å². The van der Waals surface area contributed by atoms with E-state index >= 15 is 4.39 Å². The van der Waals surface area contributed by atoms with Crippen molar-refractivity contribution in [2.75, 3.05) is 25.2 Å². The van der Waals surface area contributed by atoms with Gasteiger partial charge in [-0.25, -0.2) is 8.78 Å². The lowest BCUT2D eigenvalue weighted by atomic mass is 10.0. The number of aromatic nitrogens is 1. The van der Waals surface area contributed by atoms with E-state index in [-0.39, 0.29) is 54.8 Å². The number of hydrogen-bond acceptors (Lipinski definition) is 7. The Morgan fingerprint density at radius 1 is 0.930 bits per heavy atom. The molecule has 0 atom stereocenters. The fourth-order valence-electron chi connectivity index (χ4n) is 4.46. The van der Waals surface area contributed by atoms with Gasteiger partial charge in [-0.15, -0.1) is 24.8 Å². The standard InChI is InChI=1S/C30H28F2N4O5.2ClH/c1-39-26-16-21-23(17-27(26)40-14-2-12-33)35-13-9-24(21)41-25-8-7-20(15-22(25)32)36(19-5-3-18(31)4-6-19)29(38)30(10-11-30)28(34)37;;/h3-9,13,15-17H,2,10-12,14,33H2,1H3,(H2,34,37);2*1H. The fourth-order valence-corrected chi connectivity index (χ4v) is 4.46. The molecule has 2 amide bonds. The third kappa shape index (κ3) is 6.74. The number of amides is 2. The van der Waals surface area contributed by atoms with Crippen molar-refractivity contribution >= 4 is 58.9 Å². The normalized spacial score (nSPS) is 12.8. The number of primary amides is 1. The predicted octanol–water partition coefficient (Wildman–Crippen LogP) is 5.82. The summed E-state index contributed by atoms with van der Waals surface area (Å²) in [5.41, 5.74) is 10.6. The maximum Gasteiger partial charge on any atom is 0.247 e. The van der Waals surface area contributed by atoms with E-state index in [4.69, 9.17) is 25.7 Å². The van der Waals surface area contributed by atoms with Crippen LogP contribution >= 0.6 is 24.8 Å². The monoisotopic (exact) mass is 634 g/mol. The van der Waals surface area contributed by atoms with Crippen LogP contribution < -0.4 is 30.6 Å². The van der Waals surface area contributed by atoms with Crippen molar-refractivity contribution in [3.63, 3.8) is 0 Å². The van der Waals surface area contributed by atoms with Crippen molar-refractivity contribution in [3.8, 4) is 23.0 Å². The quantitative estimate of drug-likeness (QED) is 0.157. The number of hydrogen-bond donors (Lipinski definition) is 2. The number of nitrogens with zero attached hydrogens (tertiary/aromatic N) is 2. The predicted molar refractivity (Wildman–Crippen MR) is 163 cm³/mol. The molecule has 0 spiro atoms. The van der Waals surface area contributed by atoms with Gasteiger partial charge in [0.05, 0.1) is 24.9 Å². The summed E-state index contributed by atoms with van der Waals surface area (Å²) in [7, 11) is 1.50. The number of benzene rings is 3. The molecule has 3 aromatic carbocycles. The van der Waals surface area contributed by atoms with Crippen LogP contribution in [0.15, 0.2) is 66.9 Å². The van der Waals surface area contributed by atoms with Gasteiger partial charge < -0.3 is 25.7 Å².